The second kappa shape index (κ2) is 7.42. The number of nitrogens with one attached hydrogen (secondary N) is 1. The first-order valence-corrected chi connectivity index (χ1v) is 9.12. The molecule has 6 heteroatoms. The Balaban J connectivity index is 3.18. The van der Waals surface area contributed by atoms with Gasteiger partial charge in [-0.25, -0.2) is 8.42 Å². The number of aromatic nitrogens is 1. The molecule has 0 bridgehead atoms. The summed E-state index contributed by atoms with van der Waals surface area (Å²) in [4.78, 5) is 0.389. The van der Waals surface area contributed by atoms with Gasteiger partial charge in [0.05, 0.1) is 0 Å². The van der Waals surface area contributed by atoms with E-state index in [1.54, 1.807) is 12.3 Å². The molecule has 0 amide bonds. The highest BCUT2D eigenvalue weighted by Gasteiger charge is 2.24. The predicted molar refractivity (Wildman–Crippen MR) is 86.9 cm³/mol. The van der Waals surface area contributed by atoms with Crippen LogP contribution in [-0.2, 0) is 16.6 Å². The molecule has 0 unspecified atom stereocenters. The Hall–Kier alpha value is -0.850. The Labute approximate surface area is 129 Å². The maximum absolute atomic E-state index is 12.6. The lowest BCUT2D eigenvalue weighted by atomic mass is 10.3. The van der Waals surface area contributed by atoms with Crippen LogP contribution in [0, 0.1) is 0 Å². The van der Waals surface area contributed by atoms with Gasteiger partial charge in [-0.3, -0.25) is 0 Å². The molecular weight excluding hydrogens is 286 g/mol. The van der Waals surface area contributed by atoms with Gasteiger partial charge in [0.2, 0.25) is 10.0 Å². The van der Waals surface area contributed by atoms with Crippen molar-refractivity contribution in [3.8, 4) is 0 Å². The molecule has 0 aromatic carbocycles. The van der Waals surface area contributed by atoms with Gasteiger partial charge in [0, 0.05) is 43.6 Å². The molecule has 122 valence electrons. The van der Waals surface area contributed by atoms with Crippen LogP contribution >= 0.6 is 0 Å². The summed E-state index contributed by atoms with van der Waals surface area (Å²) in [6.45, 7) is 13.7. The maximum atomic E-state index is 12.6. The van der Waals surface area contributed by atoms with Crippen LogP contribution in [0.1, 0.15) is 53.3 Å². The molecule has 1 aromatic heterocycles. The minimum absolute atomic E-state index is 0.231. The topological polar surface area (TPSA) is 54.3 Å². The Kier molecular flexibility index (Phi) is 6.43. The van der Waals surface area contributed by atoms with Gasteiger partial charge in [0.1, 0.15) is 4.90 Å². The summed E-state index contributed by atoms with van der Waals surface area (Å²) in [5, 5.41) is 3.35. The summed E-state index contributed by atoms with van der Waals surface area (Å²) in [7, 11) is -3.39. The first-order valence-electron chi connectivity index (χ1n) is 7.68. The smallest absolute Gasteiger partial charge is 0.244 e. The average Bonchev–Trinajstić information content (AvgIpc) is 2.82. The van der Waals surface area contributed by atoms with E-state index in [1.807, 2.05) is 18.4 Å². The molecule has 1 heterocycles. The lowest BCUT2D eigenvalue weighted by molar-refractivity contribution is 0.445. The molecule has 0 aliphatic carbocycles. The van der Waals surface area contributed by atoms with Crippen LogP contribution in [0.5, 0.6) is 0 Å². The van der Waals surface area contributed by atoms with Crippen molar-refractivity contribution in [2.75, 3.05) is 13.1 Å². The van der Waals surface area contributed by atoms with Crippen LogP contribution in [0.3, 0.4) is 0 Å². The molecule has 0 aliphatic heterocycles. The van der Waals surface area contributed by atoms with Gasteiger partial charge in [-0.05, 0) is 19.9 Å². The highest BCUT2D eigenvalue weighted by molar-refractivity contribution is 7.89. The van der Waals surface area contributed by atoms with Gasteiger partial charge in [-0.1, -0.05) is 27.7 Å². The second-order valence-corrected chi connectivity index (χ2v) is 7.73. The van der Waals surface area contributed by atoms with Gasteiger partial charge in [-0.2, -0.15) is 4.31 Å². The van der Waals surface area contributed by atoms with Crippen LogP contribution in [0.25, 0.3) is 0 Å². The standard InChI is InChI=1S/C15H29N3O2S/c1-7-17(8-2)21(19,20)15-9-14(10-16-12(3)4)18(11-15)13(5)6/h9,11-13,16H,7-8,10H2,1-6H3. The lowest BCUT2D eigenvalue weighted by Crippen LogP contribution is -2.30. The molecule has 5 nitrogen and oxygen atoms in total. The molecule has 0 saturated heterocycles. The number of hydrogen-bond acceptors (Lipinski definition) is 3. The van der Waals surface area contributed by atoms with Crippen molar-refractivity contribution in [2.45, 2.75) is 65.1 Å². The van der Waals surface area contributed by atoms with E-state index in [0.717, 1.165) is 5.69 Å². The monoisotopic (exact) mass is 315 g/mol. The molecule has 21 heavy (non-hydrogen) atoms. The summed E-state index contributed by atoms with van der Waals surface area (Å²) < 4.78 is 28.8. The molecule has 1 rings (SSSR count). The third-order valence-corrected chi connectivity index (χ3v) is 5.51. The molecule has 0 fully saturated rings. The number of hydrogen-bond donors (Lipinski definition) is 1. The van der Waals surface area contributed by atoms with E-state index >= 15 is 0 Å². The van der Waals surface area contributed by atoms with Crippen molar-refractivity contribution in [3.63, 3.8) is 0 Å². The number of sulfonamides is 1. The van der Waals surface area contributed by atoms with Crippen LogP contribution in [0.4, 0.5) is 0 Å². The second-order valence-electron chi connectivity index (χ2n) is 5.79. The normalized spacial score (nSPS) is 12.8. The predicted octanol–water partition coefficient (Wildman–Crippen LogP) is 2.60. The maximum Gasteiger partial charge on any atom is 0.244 e. The Morgan fingerprint density at radius 2 is 1.76 bits per heavy atom. The third kappa shape index (κ3) is 4.31. The van der Waals surface area contributed by atoms with E-state index in [-0.39, 0.29) is 6.04 Å². The van der Waals surface area contributed by atoms with Crippen molar-refractivity contribution in [2.24, 2.45) is 0 Å². The summed E-state index contributed by atoms with van der Waals surface area (Å²) >= 11 is 0. The first-order chi connectivity index (χ1) is 9.73. The van der Waals surface area contributed by atoms with Gasteiger partial charge >= 0.3 is 0 Å². The van der Waals surface area contributed by atoms with Crippen molar-refractivity contribution in [3.05, 3.63) is 18.0 Å². The lowest BCUT2D eigenvalue weighted by Gasteiger charge is -2.17. The zero-order valence-electron chi connectivity index (χ0n) is 14.0. The minimum atomic E-state index is -3.39. The van der Waals surface area contributed by atoms with Crippen molar-refractivity contribution >= 4 is 10.0 Å². The largest absolute Gasteiger partial charge is 0.346 e. The highest BCUT2D eigenvalue weighted by Crippen LogP contribution is 2.22. The third-order valence-electron chi connectivity index (χ3n) is 3.50. The van der Waals surface area contributed by atoms with Gasteiger partial charge in [-0.15, -0.1) is 0 Å². The summed E-state index contributed by atoms with van der Waals surface area (Å²) in [5.41, 5.74) is 1.00. The summed E-state index contributed by atoms with van der Waals surface area (Å²) in [6, 6.07) is 2.39. The SMILES string of the molecule is CCN(CC)S(=O)(=O)c1cc(CNC(C)C)n(C(C)C)c1. The van der Waals surface area contributed by atoms with Crippen molar-refractivity contribution in [1.29, 1.82) is 0 Å². The Morgan fingerprint density at radius 1 is 1.19 bits per heavy atom. The molecule has 0 spiro atoms. The van der Waals surface area contributed by atoms with E-state index < -0.39 is 10.0 Å². The van der Waals surface area contributed by atoms with Crippen LogP contribution < -0.4 is 5.32 Å². The number of rotatable bonds is 8. The molecule has 0 aliphatic rings. The van der Waals surface area contributed by atoms with Crippen LogP contribution in [0.15, 0.2) is 17.2 Å². The molecule has 0 atom stereocenters. The first kappa shape index (κ1) is 18.2. The fourth-order valence-corrected chi connectivity index (χ4v) is 3.79. The highest BCUT2D eigenvalue weighted by atomic mass is 32.2. The minimum Gasteiger partial charge on any atom is -0.346 e. The summed E-state index contributed by atoms with van der Waals surface area (Å²) in [6.07, 6.45) is 1.76. The van der Waals surface area contributed by atoms with E-state index in [1.165, 1.54) is 4.31 Å². The van der Waals surface area contributed by atoms with E-state index in [9.17, 15) is 8.42 Å². The molecular formula is C15H29N3O2S. The van der Waals surface area contributed by atoms with E-state index in [2.05, 4.69) is 33.0 Å². The van der Waals surface area contributed by atoms with E-state index in [0.29, 0.717) is 30.6 Å². The van der Waals surface area contributed by atoms with Crippen molar-refractivity contribution in [1.82, 2.24) is 14.2 Å². The Morgan fingerprint density at radius 3 is 2.19 bits per heavy atom. The van der Waals surface area contributed by atoms with Gasteiger partial charge < -0.3 is 9.88 Å². The molecule has 0 radical (unpaired) electrons. The average molecular weight is 315 g/mol. The van der Waals surface area contributed by atoms with Crippen molar-refractivity contribution < 1.29 is 8.42 Å². The molecule has 1 aromatic rings. The molecule has 0 saturated carbocycles. The van der Waals surface area contributed by atoms with Gasteiger partial charge in [0.25, 0.3) is 0 Å². The zero-order chi connectivity index (χ0) is 16.2. The summed E-state index contributed by atoms with van der Waals surface area (Å²) in [5.74, 6) is 0. The quantitative estimate of drug-likeness (QED) is 0.802. The van der Waals surface area contributed by atoms with E-state index in [4.69, 9.17) is 0 Å². The van der Waals surface area contributed by atoms with Crippen LogP contribution in [-0.4, -0.2) is 36.4 Å². The fraction of sp³-hybridized carbons (Fsp3) is 0.733. The van der Waals surface area contributed by atoms with Gasteiger partial charge in [0.15, 0.2) is 0 Å². The number of nitrogens with zero attached hydrogens (tertiary/aromatic N) is 2. The van der Waals surface area contributed by atoms with Crippen LogP contribution in [0.2, 0.25) is 0 Å². The fourth-order valence-electron chi connectivity index (χ4n) is 2.28. The zero-order valence-corrected chi connectivity index (χ0v) is 14.9. The molecule has 1 N–H and O–H groups in total. The Bertz CT molecular complexity index is 543.